The van der Waals surface area contributed by atoms with E-state index >= 15 is 0 Å². The summed E-state index contributed by atoms with van der Waals surface area (Å²) in [7, 11) is 0. The SMILES string of the molecule is CC1CNCCN1CC(=O)N1CCCC(C(N)=O)C1. The van der Waals surface area contributed by atoms with Gasteiger partial charge in [0.05, 0.1) is 12.5 Å². The van der Waals surface area contributed by atoms with Crippen LogP contribution in [0.4, 0.5) is 0 Å². The van der Waals surface area contributed by atoms with Crippen molar-refractivity contribution in [1.29, 1.82) is 0 Å². The smallest absolute Gasteiger partial charge is 0.236 e. The van der Waals surface area contributed by atoms with Crippen LogP contribution >= 0.6 is 0 Å². The Bertz CT molecular complexity index is 348. The highest BCUT2D eigenvalue weighted by atomic mass is 16.2. The summed E-state index contributed by atoms with van der Waals surface area (Å²) < 4.78 is 0. The van der Waals surface area contributed by atoms with Crippen LogP contribution in [-0.4, -0.2) is 66.9 Å². The molecule has 6 nitrogen and oxygen atoms in total. The number of likely N-dealkylation sites (tertiary alicyclic amines) is 1. The molecule has 0 radical (unpaired) electrons. The molecule has 0 spiro atoms. The van der Waals surface area contributed by atoms with Crippen LogP contribution in [0.5, 0.6) is 0 Å². The van der Waals surface area contributed by atoms with E-state index in [1.54, 1.807) is 4.90 Å². The maximum absolute atomic E-state index is 12.3. The molecule has 2 unspecified atom stereocenters. The predicted octanol–water partition coefficient (Wildman–Crippen LogP) is -0.996. The predicted molar refractivity (Wildman–Crippen MR) is 72.4 cm³/mol. The summed E-state index contributed by atoms with van der Waals surface area (Å²) in [5, 5.41) is 3.31. The highest BCUT2D eigenvalue weighted by Gasteiger charge is 2.29. The summed E-state index contributed by atoms with van der Waals surface area (Å²) in [6.07, 6.45) is 1.68. The van der Waals surface area contributed by atoms with Crippen molar-refractivity contribution in [1.82, 2.24) is 15.1 Å². The third-order valence-corrected chi connectivity index (χ3v) is 4.15. The van der Waals surface area contributed by atoms with Gasteiger partial charge < -0.3 is 16.0 Å². The van der Waals surface area contributed by atoms with E-state index in [0.29, 0.717) is 19.1 Å². The Kier molecular flexibility index (Phi) is 4.76. The number of nitrogens with one attached hydrogen (secondary N) is 1. The normalized spacial score (nSPS) is 29.2. The summed E-state index contributed by atoms with van der Waals surface area (Å²) in [5.41, 5.74) is 5.34. The van der Waals surface area contributed by atoms with E-state index in [2.05, 4.69) is 17.1 Å². The maximum Gasteiger partial charge on any atom is 0.236 e. The molecular formula is C13H24N4O2. The van der Waals surface area contributed by atoms with Crippen LogP contribution in [0.3, 0.4) is 0 Å². The first-order chi connectivity index (χ1) is 9.08. The number of rotatable bonds is 3. The first kappa shape index (κ1) is 14.3. The maximum atomic E-state index is 12.3. The summed E-state index contributed by atoms with van der Waals surface area (Å²) >= 11 is 0. The average molecular weight is 268 g/mol. The fraction of sp³-hybridized carbons (Fsp3) is 0.846. The highest BCUT2D eigenvalue weighted by molar-refractivity contribution is 5.81. The van der Waals surface area contributed by atoms with Gasteiger partial charge in [0.2, 0.25) is 11.8 Å². The molecular weight excluding hydrogens is 244 g/mol. The van der Waals surface area contributed by atoms with Crippen molar-refractivity contribution in [3.63, 3.8) is 0 Å². The van der Waals surface area contributed by atoms with Crippen molar-refractivity contribution in [3.8, 4) is 0 Å². The van der Waals surface area contributed by atoms with E-state index in [1.807, 2.05) is 0 Å². The van der Waals surface area contributed by atoms with Crippen molar-refractivity contribution in [2.75, 3.05) is 39.3 Å². The molecule has 108 valence electrons. The van der Waals surface area contributed by atoms with Gasteiger partial charge in [0.25, 0.3) is 0 Å². The van der Waals surface area contributed by atoms with E-state index in [1.165, 1.54) is 0 Å². The second-order valence-electron chi connectivity index (χ2n) is 5.60. The fourth-order valence-corrected chi connectivity index (χ4v) is 2.83. The minimum Gasteiger partial charge on any atom is -0.369 e. The van der Waals surface area contributed by atoms with Crippen molar-refractivity contribution < 1.29 is 9.59 Å². The standard InChI is InChI=1S/C13H24N4O2/c1-10-7-15-4-6-16(10)9-12(18)17-5-2-3-11(8-17)13(14)19/h10-11,15H,2-9H2,1H3,(H2,14,19). The van der Waals surface area contributed by atoms with Crippen LogP contribution in [0, 0.1) is 5.92 Å². The number of piperidine rings is 1. The van der Waals surface area contributed by atoms with Crippen LogP contribution in [0.1, 0.15) is 19.8 Å². The lowest BCUT2D eigenvalue weighted by atomic mass is 9.97. The number of carbonyl (C=O) groups is 2. The van der Waals surface area contributed by atoms with Crippen molar-refractivity contribution in [2.24, 2.45) is 11.7 Å². The molecule has 3 N–H and O–H groups in total. The Morgan fingerprint density at radius 1 is 1.37 bits per heavy atom. The third kappa shape index (κ3) is 3.67. The second kappa shape index (κ2) is 6.34. The molecule has 2 amide bonds. The second-order valence-corrected chi connectivity index (χ2v) is 5.60. The highest BCUT2D eigenvalue weighted by Crippen LogP contribution is 2.16. The molecule has 2 aliphatic rings. The molecule has 2 atom stereocenters. The molecule has 0 aliphatic carbocycles. The van der Waals surface area contributed by atoms with E-state index < -0.39 is 0 Å². The molecule has 2 fully saturated rings. The Labute approximate surface area is 114 Å². The number of primary amides is 1. The summed E-state index contributed by atoms with van der Waals surface area (Å²) in [5.74, 6) is -0.328. The number of hydrogen-bond acceptors (Lipinski definition) is 4. The molecule has 0 aromatic heterocycles. The van der Waals surface area contributed by atoms with Crippen molar-refractivity contribution in [2.45, 2.75) is 25.8 Å². The van der Waals surface area contributed by atoms with E-state index in [0.717, 1.165) is 39.0 Å². The zero-order chi connectivity index (χ0) is 13.8. The molecule has 19 heavy (non-hydrogen) atoms. The zero-order valence-corrected chi connectivity index (χ0v) is 11.6. The Morgan fingerprint density at radius 3 is 2.84 bits per heavy atom. The Hall–Kier alpha value is -1.14. The lowest BCUT2D eigenvalue weighted by molar-refractivity contribution is -0.136. The number of nitrogens with zero attached hydrogens (tertiary/aromatic N) is 2. The van der Waals surface area contributed by atoms with E-state index in [-0.39, 0.29) is 17.7 Å². The van der Waals surface area contributed by atoms with Gasteiger partial charge in [-0.3, -0.25) is 14.5 Å². The molecule has 2 saturated heterocycles. The van der Waals surface area contributed by atoms with Gasteiger partial charge in [0.1, 0.15) is 0 Å². The monoisotopic (exact) mass is 268 g/mol. The fourth-order valence-electron chi connectivity index (χ4n) is 2.83. The molecule has 0 aromatic carbocycles. The molecule has 6 heteroatoms. The molecule has 2 aliphatic heterocycles. The van der Waals surface area contributed by atoms with Crippen LogP contribution in [0.2, 0.25) is 0 Å². The van der Waals surface area contributed by atoms with Gasteiger partial charge in [-0.1, -0.05) is 0 Å². The van der Waals surface area contributed by atoms with Crippen LogP contribution in [-0.2, 0) is 9.59 Å². The molecule has 0 saturated carbocycles. The zero-order valence-electron chi connectivity index (χ0n) is 11.6. The number of piperazine rings is 1. The molecule has 2 rings (SSSR count). The van der Waals surface area contributed by atoms with Gasteiger partial charge in [0.15, 0.2) is 0 Å². The minimum absolute atomic E-state index is 0.125. The van der Waals surface area contributed by atoms with Gasteiger partial charge in [0, 0.05) is 38.8 Å². The van der Waals surface area contributed by atoms with E-state index in [4.69, 9.17) is 5.73 Å². The minimum atomic E-state index is -0.284. The first-order valence-corrected chi connectivity index (χ1v) is 7.10. The lowest BCUT2D eigenvalue weighted by Gasteiger charge is -2.37. The lowest BCUT2D eigenvalue weighted by Crippen LogP contribution is -2.54. The number of hydrogen-bond donors (Lipinski definition) is 2. The summed E-state index contributed by atoms with van der Waals surface area (Å²) in [6, 6.07) is 0.384. The summed E-state index contributed by atoms with van der Waals surface area (Å²) in [6.45, 7) is 6.59. The quantitative estimate of drug-likeness (QED) is 0.688. The average Bonchev–Trinajstić information content (AvgIpc) is 2.41. The number of nitrogens with two attached hydrogens (primary N) is 1. The van der Waals surface area contributed by atoms with E-state index in [9.17, 15) is 9.59 Å². The van der Waals surface area contributed by atoms with Gasteiger partial charge in [-0.15, -0.1) is 0 Å². The summed E-state index contributed by atoms with van der Waals surface area (Å²) in [4.78, 5) is 27.5. The molecule has 2 heterocycles. The van der Waals surface area contributed by atoms with Gasteiger partial charge in [-0.2, -0.15) is 0 Å². The van der Waals surface area contributed by atoms with Crippen molar-refractivity contribution >= 4 is 11.8 Å². The number of amides is 2. The molecule has 0 aromatic rings. The third-order valence-electron chi connectivity index (χ3n) is 4.15. The first-order valence-electron chi connectivity index (χ1n) is 7.10. The number of carbonyl (C=O) groups excluding carboxylic acids is 2. The van der Waals surface area contributed by atoms with Gasteiger partial charge in [-0.05, 0) is 19.8 Å². The Morgan fingerprint density at radius 2 is 2.16 bits per heavy atom. The van der Waals surface area contributed by atoms with Crippen molar-refractivity contribution in [3.05, 3.63) is 0 Å². The van der Waals surface area contributed by atoms with Gasteiger partial charge >= 0.3 is 0 Å². The van der Waals surface area contributed by atoms with Crippen LogP contribution in [0.15, 0.2) is 0 Å². The topological polar surface area (TPSA) is 78.7 Å². The van der Waals surface area contributed by atoms with Crippen LogP contribution < -0.4 is 11.1 Å². The molecule has 0 bridgehead atoms. The van der Waals surface area contributed by atoms with Crippen LogP contribution in [0.25, 0.3) is 0 Å². The van der Waals surface area contributed by atoms with Gasteiger partial charge in [-0.25, -0.2) is 0 Å². The Balaban J connectivity index is 1.86. The largest absolute Gasteiger partial charge is 0.369 e.